The highest BCUT2D eigenvalue weighted by Crippen LogP contribution is 2.38. The zero-order valence-corrected chi connectivity index (χ0v) is 25.1. The van der Waals surface area contributed by atoms with Crippen molar-refractivity contribution >= 4 is 11.6 Å². The summed E-state index contributed by atoms with van der Waals surface area (Å²) in [5, 5.41) is 14.3. The monoisotopic (exact) mass is 613 g/mol. The molecule has 0 radical (unpaired) electrons. The molecule has 0 bridgehead atoms. The van der Waals surface area contributed by atoms with Crippen LogP contribution in [-0.2, 0) is 6.18 Å². The van der Waals surface area contributed by atoms with Crippen LogP contribution in [0.25, 0.3) is 16.9 Å². The van der Waals surface area contributed by atoms with Crippen molar-refractivity contribution in [2.45, 2.75) is 32.1 Å². The van der Waals surface area contributed by atoms with Gasteiger partial charge in [0.15, 0.2) is 11.3 Å². The highest BCUT2D eigenvalue weighted by atomic mass is 19.4. The molecule has 1 fully saturated rings. The molecule has 1 aliphatic rings. The van der Waals surface area contributed by atoms with Crippen molar-refractivity contribution in [1.82, 2.24) is 24.4 Å². The van der Waals surface area contributed by atoms with Gasteiger partial charge < -0.3 is 24.2 Å². The average molecular weight is 614 g/mol. The molecule has 2 atom stereocenters. The Morgan fingerprint density at radius 3 is 2.32 bits per heavy atom. The third-order valence-electron chi connectivity index (χ3n) is 8.08. The number of benzene rings is 2. The number of fused-ring (bicyclic) bond motifs is 1. The summed E-state index contributed by atoms with van der Waals surface area (Å²) in [7, 11) is 4.60. The number of hydrogen-bond donors (Lipinski definition) is 1. The number of aliphatic hydroxyl groups excluding tert-OH is 1. The number of alkyl halides is 3. The molecule has 5 rings (SSSR count). The first-order chi connectivity index (χ1) is 21.0. The summed E-state index contributed by atoms with van der Waals surface area (Å²) in [6.45, 7) is 4.10. The third kappa shape index (κ3) is 5.64. The van der Waals surface area contributed by atoms with Crippen molar-refractivity contribution in [2.75, 3.05) is 47.6 Å². The number of aromatic nitrogens is 3. The summed E-state index contributed by atoms with van der Waals surface area (Å²) in [6.07, 6.45) is -3.60. The second kappa shape index (κ2) is 12.3. The van der Waals surface area contributed by atoms with Gasteiger partial charge in [0, 0.05) is 48.4 Å². The fourth-order valence-electron chi connectivity index (χ4n) is 5.82. The maximum Gasteiger partial charge on any atom is 0.433 e. The number of piperazine rings is 1. The van der Waals surface area contributed by atoms with Gasteiger partial charge in [-0.25, -0.2) is 9.50 Å². The molecule has 0 unspecified atom stereocenters. The molecule has 2 aromatic carbocycles. The van der Waals surface area contributed by atoms with Crippen LogP contribution >= 0.6 is 0 Å². The maximum absolute atomic E-state index is 14.4. The van der Waals surface area contributed by atoms with Crippen LogP contribution in [0.2, 0.25) is 0 Å². The van der Waals surface area contributed by atoms with E-state index in [1.54, 1.807) is 55.5 Å². The standard InChI is InChI=1S/C31H34F3N5O5/c1-18-16-37(25(17-40)23-11-10-22(43-4)14-26(23)44-5)12-13-38(18)30(41)24-15-35-39-28(31(32,33)34)19(2)27(36-29(24)39)20-6-8-21(42-3)9-7-20/h6-11,14-15,18,25,40H,12-13,16-17H2,1-5H3/t18-,25-/m1/s1. The number of methoxy groups -OCH3 is 3. The van der Waals surface area contributed by atoms with Crippen LogP contribution in [0, 0.1) is 6.92 Å². The Hall–Kier alpha value is -4.36. The SMILES string of the molecule is COc1ccc(-c2nc3c(C(=O)N4CCN([C@H](CO)c5ccc(OC)cc5OC)C[C@H]4C)cnn3c(C(F)(F)F)c2C)cc1. The van der Waals surface area contributed by atoms with Crippen LogP contribution in [0.1, 0.15) is 40.1 Å². The highest BCUT2D eigenvalue weighted by Gasteiger charge is 2.40. The van der Waals surface area contributed by atoms with Crippen molar-refractivity contribution in [3.05, 3.63) is 71.0 Å². The van der Waals surface area contributed by atoms with E-state index < -0.39 is 23.8 Å². The fraction of sp³-hybridized carbons (Fsp3) is 0.387. The number of ether oxygens (including phenoxy) is 3. The molecule has 3 heterocycles. The number of amides is 1. The molecular formula is C31H34F3N5O5. The van der Waals surface area contributed by atoms with Crippen LogP contribution in [-0.4, -0.2) is 89.0 Å². The Bertz CT molecular complexity index is 1660. The Kier molecular flexibility index (Phi) is 8.71. The van der Waals surface area contributed by atoms with E-state index in [9.17, 15) is 23.1 Å². The van der Waals surface area contributed by atoms with Gasteiger partial charge in [-0.3, -0.25) is 9.69 Å². The normalized spacial score (nSPS) is 16.7. The van der Waals surface area contributed by atoms with Gasteiger partial charge in [-0.1, -0.05) is 0 Å². The van der Waals surface area contributed by atoms with Crippen LogP contribution in [0.3, 0.4) is 0 Å². The Morgan fingerprint density at radius 1 is 1.05 bits per heavy atom. The van der Waals surface area contributed by atoms with E-state index in [4.69, 9.17) is 14.2 Å². The summed E-state index contributed by atoms with van der Waals surface area (Å²) in [6, 6.07) is 11.2. The van der Waals surface area contributed by atoms with Crippen molar-refractivity contribution in [2.24, 2.45) is 0 Å². The van der Waals surface area contributed by atoms with E-state index in [-0.39, 0.29) is 41.7 Å². The predicted octanol–water partition coefficient (Wildman–Crippen LogP) is 4.63. The Morgan fingerprint density at radius 2 is 1.73 bits per heavy atom. The van der Waals surface area contributed by atoms with Gasteiger partial charge in [-0.15, -0.1) is 0 Å². The van der Waals surface area contributed by atoms with Crippen molar-refractivity contribution < 1.29 is 37.3 Å². The average Bonchev–Trinajstić information content (AvgIpc) is 3.43. The molecule has 2 aromatic heterocycles. The maximum atomic E-state index is 14.4. The molecular weight excluding hydrogens is 579 g/mol. The molecule has 4 aromatic rings. The summed E-state index contributed by atoms with van der Waals surface area (Å²) >= 11 is 0. The van der Waals surface area contributed by atoms with Gasteiger partial charge in [-0.05, 0) is 50.2 Å². The fourth-order valence-corrected chi connectivity index (χ4v) is 5.82. The van der Waals surface area contributed by atoms with Crippen LogP contribution in [0.15, 0.2) is 48.7 Å². The first kappa shape index (κ1) is 31.1. The lowest BCUT2D eigenvalue weighted by Gasteiger charge is -2.43. The molecule has 10 nitrogen and oxygen atoms in total. The minimum atomic E-state index is -4.75. The first-order valence-corrected chi connectivity index (χ1v) is 14.0. The summed E-state index contributed by atoms with van der Waals surface area (Å²) < 4.78 is 59.8. The number of nitrogens with zero attached hydrogens (tertiary/aromatic N) is 5. The minimum absolute atomic E-state index is 0.0268. The highest BCUT2D eigenvalue weighted by molar-refractivity contribution is 6.00. The zero-order chi connectivity index (χ0) is 31.8. The Balaban J connectivity index is 1.47. The predicted molar refractivity (Wildman–Crippen MR) is 156 cm³/mol. The van der Waals surface area contributed by atoms with E-state index in [2.05, 4.69) is 15.0 Å². The van der Waals surface area contributed by atoms with E-state index >= 15 is 0 Å². The van der Waals surface area contributed by atoms with Crippen LogP contribution in [0.5, 0.6) is 17.2 Å². The van der Waals surface area contributed by atoms with E-state index in [0.717, 1.165) is 11.8 Å². The number of aliphatic hydroxyl groups is 1. The van der Waals surface area contributed by atoms with Gasteiger partial charge in [-0.2, -0.15) is 18.3 Å². The summed E-state index contributed by atoms with van der Waals surface area (Å²) in [5.74, 6) is 1.26. The summed E-state index contributed by atoms with van der Waals surface area (Å²) in [4.78, 5) is 22.1. The second-order valence-corrected chi connectivity index (χ2v) is 10.6. The van der Waals surface area contributed by atoms with E-state index in [1.807, 2.05) is 13.0 Å². The topological polar surface area (TPSA) is 102 Å². The first-order valence-electron chi connectivity index (χ1n) is 14.0. The van der Waals surface area contributed by atoms with Crippen LogP contribution in [0.4, 0.5) is 13.2 Å². The number of rotatable bonds is 8. The van der Waals surface area contributed by atoms with E-state index in [0.29, 0.717) is 40.4 Å². The largest absolute Gasteiger partial charge is 0.497 e. The Labute approximate surface area is 252 Å². The number of halogens is 3. The third-order valence-corrected chi connectivity index (χ3v) is 8.08. The van der Waals surface area contributed by atoms with Crippen LogP contribution < -0.4 is 14.2 Å². The number of hydrogen-bond acceptors (Lipinski definition) is 8. The van der Waals surface area contributed by atoms with Crippen molar-refractivity contribution in [1.29, 1.82) is 0 Å². The molecule has 0 aliphatic carbocycles. The number of carbonyl (C=O) groups excluding carboxylic acids is 1. The molecule has 44 heavy (non-hydrogen) atoms. The molecule has 0 spiro atoms. The lowest BCUT2D eigenvalue weighted by Crippen LogP contribution is -2.55. The zero-order valence-electron chi connectivity index (χ0n) is 25.1. The molecule has 1 N–H and O–H groups in total. The van der Waals surface area contributed by atoms with Crippen molar-refractivity contribution in [3.63, 3.8) is 0 Å². The molecule has 1 saturated heterocycles. The summed E-state index contributed by atoms with van der Waals surface area (Å²) in [5.41, 5.74) is 0.00936. The smallest absolute Gasteiger partial charge is 0.433 e. The lowest BCUT2D eigenvalue weighted by atomic mass is 10.0. The van der Waals surface area contributed by atoms with E-state index in [1.165, 1.54) is 14.0 Å². The van der Waals surface area contributed by atoms with Gasteiger partial charge in [0.25, 0.3) is 5.91 Å². The number of carbonyl (C=O) groups is 1. The molecule has 0 saturated carbocycles. The van der Waals surface area contributed by atoms with Gasteiger partial charge in [0.1, 0.15) is 22.8 Å². The van der Waals surface area contributed by atoms with Crippen molar-refractivity contribution in [3.8, 4) is 28.5 Å². The molecule has 1 amide bonds. The quantitative estimate of drug-likeness (QED) is 0.307. The van der Waals surface area contributed by atoms with Gasteiger partial charge in [0.2, 0.25) is 0 Å². The molecule has 13 heteroatoms. The van der Waals surface area contributed by atoms with Gasteiger partial charge >= 0.3 is 6.18 Å². The lowest BCUT2D eigenvalue weighted by molar-refractivity contribution is -0.143. The minimum Gasteiger partial charge on any atom is -0.497 e. The second-order valence-electron chi connectivity index (χ2n) is 10.6. The molecule has 234 valence electrons. The van der Waals surface area contributed by atoms with Gasteiger partial charge in [0.05, 0.1) is 45.9 Å². The molecule has 1 aliphatic heterocycles.